The Morgan fingerprint density at radius 1 is 0.891 bits per heavy atom. The number of hydrogen-bond acceptors (Lipinski definition) is 4. The van der Waals surface area contributed by atoms with Crippen molar-refractivity contribution in [3.8, 4) is 22.9 Å². The Labute approximate surface area is 277 Å². The smallest absolute Gasteiger partial charge is 0.343 e. The molecule has 4 aromatic carbocycles. The Balaban J connectivity index is 1.33. The first-order chi connectivity index (χ1) is 21.9. The number of unbranched alkanes of at least 4 members (excludes halogenated alkanes) is 1. The van der Waals surface area contributed by atoms with Gasteiger partial charge in [-0.1, -0.05) is 111 Å². The van der Waals surface area contributed by atoms with Crippen LogP contribution < -0.4 is 4.74 Å². The largest absolute Gasteiger partial charge is 0.422 e. The van der Waals surface area contributed by atoms with Gasteiger partial charge in [0.1, 0.15) is 5.75 Å². The first-order valence-corrected chi connectivity index (χ1v) is 23.4. The second-order valence-electron chi connectivity index (χ2n) is 14.5. The number of carbonyl (C=O) groups excluding carboxylic acids is 1. The van der Waals surface area contributed by atoms with Crippen LogP contribution in [0.3, 0.4) is 0 Å². The molecule has 1 saturated heterocycles. The lowest BCUT2D eigenvalue weighted by molar-refractivity contribution is 0.0735. The minimum Gasteiger partial charge on any atom is -0.422 e. The fourth-order valence-electron chi connectivity index (χ4n) is 7.09. The lowest BCUT2D eigenvalue weighted by atomic mass is 9.72. The van der Waals surface area contributed by atoms with Gasteiger partial charge in [-0.2, -0.15) is 5.26 Å². The molecule has 1 aliphatic heterocycles. The normalized spacial score (nSPS) is 19.8. The van der Waals surface area contributed by atoms with E-state index in [1.165, 1.54) is 36.1 Å². The van der Waals surface area contributed by atoms with Crippen LogP contribution >= 0.6 is 0 Å². The molecule has 238 valence electrons. The van der Waals surface area contributed by atoms with Gasteiger partial charge < -0.3 is 9.16 Å². The van der Waals surface area contributed by atoms with E-state index >= 15 is 0 Å². The minimum atomic E-state index is -1.70. The molecule has 0 radical (unpaired) electrons. The summed E-state index contributed by atoms with van der Waals surface area (Å²) in [6, 6.07) is 38.5. The molecule has 2 unspecified atom stereocenters. The van der Waals surface area contributed by atoms with Gasteiger partial charge in [-0.05, 0) is 86.8 Å². The molecule has 1 aliphatic rings. The van der Waals surface area contributed by atoms with Gasteiger partial charge in [-0.15, -0.1) is 0 Å². The zero-order valence-electron chi connectivity index (χ0n) is 28.2. The van der Waals surface area contributed by atoms with Crippen molar-refractivity contribution >= 4 is 21.4 Å². The van der Waals surface area contributed by atoms with Gasteiger partial charge in [0.15, 0.2) is 7.83 Å². The Bertz CT molecular complexity index is 1700. The average Bonchev–Trinajstić information content (AvgIpc) is 3.05. The third-order valence-electron chi connectivity index (χ3n) is 10.5. The van der Waals surface area contributed by atoms with E-state index in [0.29, 0.717) is 16.9 Å². The standard InChI is InChI=1S/C40H47NO3Si2/c1-39(2)26-28-46(6,45(4,5)44-39)27-14-13-25-40(3,34-17-11-8-12-18-34)35-22-20-33(21-23-35)38(42)43-37-29-31(30-41)19-24-36(37)32-15-9-7-10-16-32/h7-12,15-24,29H,13-14,25-28H2,1-6H3. The fourth-order valence-corrected chi connectivity index (χ4v) is 18.5. The lowest BCUT2D eigenvalue weighted by Crippen LogP contribution is -2.65. The van der Waals surface area contributed by atoms with Crippen molar-refractivity contribution in [3.05, 3.63) is 125 Å². The summed E-state index contributed by atoms with van der Waals surface area (Å²) in [6.07, 6.45) is 4.57. The molecule has 46 heavy (non-hydrogen) atoms. The van der Waals surface area contributed by atoms with E-state index in [1.54, 1.807) is 12.1 Å². The summed E-state index contributed by atoms with van der Waals surface area (Å²) in [5.74, 6) is -0.0630. The summed E-state index contributed by atoms with van der Waals surface area (Å²) in [6.45, 7) is 14.4. The molecule has 0 aliphatic carbocycles. The maximum absolute atomic E-state index is 13.4. The van der Waals surface area contributed by atoms with E-state index < -0.39 is 21.4 Å². The number of esters is 1. The summed E-state index contributed by atoms with van der Waals surface area (Å²) >= 11 is 0. The summed E-state index contributed by atoms with van der Waals surface area (Å²) in [5, 5.41) is 9.48. The van der Waals surface area contributed by atoms with Gasteiger partial charge in [0.05, 0.1) is 30.4 Å². The molecule has 6 heteroatoms. The third-order valence-corrected chi connectivity index (χ3v) is 27.8. The van der Waals surface area contributed by atoms with Gasteiger partial charge >= 0.3 is 5.97 Å². The molecular weight excluding hydrogens is 599 g/mol. The third kappa shape index (κ3) is 7.28. The predicted octanol–water partition coefficient (Wildman–Crippen LogP) is 10.5. The second kappa shape index (κ2) is 13.5. The van der Waals surface area contributed by atoms with E-state index in [1.807, 2.05) is 48.5 Å². The first-order valence-electron chi connectivity index (χ1n) is 16.5. The van der Waals surface area contributed by atoms with Gasteiger partial charge in [0, 0.05) is 11.0 Å². The number of hydrogen-bond donors (Lipinski definition) is 0. The SMILES string of the molecule is CC1(C)CC[Si](C)(CCCCC(C)(c2ccccc2)c2ccc(C(=O)Oc3cc(C#N)ccc3-c3ccccc3)cc2)[Si](C)(C)O1. The van der Waals surface area contributed by atoms with E-state index in [9.17, 15) is 10.1 Å². The topological polar surface area (TPSA) is 59.3 Å². The van der Waals surface area contributed by atoms with E-state index in [-0.39, 0.29) is 11.0 Å². The van der Waals surface area contributed by atoms with Crippen molar-refractivity contribution in [3.63, 3.8) is 0 Å². The number of nitriles is 1. The van der Waals surface area contributed by atoms with Gasteiger partial charge in [0.25, 0.3) is 0 Å². The predicted molar refractivity (Wildman–Crippen MR) is 193 cm³/mol. The van der Waals surface area contributed by atoms with Crippen LogP contribution in [0.25, 0.3) is 11.1 Å². The lowest BCUT2D eigenvalue weighted by Gasteiger charge is -2.51. The summed E-state index contributed by atoms with van der Waals surface area (Å²) in [4.78, 5) is 13.4. The number of carbonyl (C=O) groups is 1. The molecule has 5 rings (SSSR count). The molecule has 0 N–H and O–H groups in total. The van der Waals surface area contributed by atoms with Gasteiger partial charge in [-0.25, -0.2) is 4.79 Å². The van der Waals surface area contributed by atoms with Crippen LogP contribution in [-0.2, 0) is 9.84 Å². The van der Waals surface area contributed by atoms with Crippen LogP contribution in [-0.4, -0.2) is 27.0 Å². The highest BCUT2D eigenvalue weighted by molar-refractivity contribution is 7.38. The molecule has 4 aromatic rings. The number of nitrogens with zero attached hydrogens (tertiary/aromatic N) is 1. The molecule has 1 heterocycles. The van der Waals surface area contributed by atoms with E-state index in [4.69, 9.17) is 9.16 Å². The molecule has 0 spiro atoms. The van der Waals surface area contributed by atoms with Crippen molar-refractivity contribution in [2.24, 2.45) is 0 Å². The van der Waals surface area contributed by atoms with Crippen LogP contribution in [0, 0.1) is 11.3 Å². The van der Waals surface area contributed by atoms with Crippen molar-refractivity contribution in [1.29, 1.82) is 5.26 Å². The van der Waals surface area contributed by atoms with Gasteiger partial charge in [-0.3, -0.25) is 0 Å². The maximum atomic E-state index is 13.4. The zero-order valence-corrected chi connectivity index (χ0v) is 30.2. The van der Waals surface area contributed by atoms with E-state index in [2.05, 4.69) is 88.9 Å². The number of rotatable bonds is 10. The quantitative estimate of drug-likeness (QED) is 0.0745. The van der Waals surface area contributed by atoms with E-state index in [0.717, 1.165) is 24.0 Å². The highest BCUT2D eigenvalue weighted by Gasteiger charge is 2.52. The fraction of sp³-hybridized carbons (Fsp3) is 0.350. The first kappa shape index (κ1) is 33.6. The summed E-state index contributed by atoms with van der Waals surface area (Å²) in [7, 11) is -3.14. The summed E-state index contributed by atoms with van der Waals surface area (Å²) < 4.78 is 12.7. The highest BCUT2D eigenvalue weighted by atomic mass is 29.3. The molecular formula is C40H47NO3Si2. The summed E-state index contributed by atoms with van der Waals surface area (Å²) in [5.41, 5.74) is 4.92. The number of benzene rings is 4. The van der Waals surface area contributed by atoms with Crippen LogP contribution in [0.4, 0.5) is 0 Å². The van der Waals surface area contributed by atoms with Crippen LogP contribution in [0.5, 0.6) is 5.75 Å². The Hall–Kier alpha value is -3.77. The average molecular weight is 646 g/mol. The van der Waals surface area contributed by atoms with Crippen molar-refractivity contribution in [2.45, 2.75) is 89.2 Å². The highest BCUT2D eigenvalue weighted by Crippen LogP contribution is 2.43. The monoisotopic (exact) mass is 645 g/mol. The van der Waals surface area contributed by atoms with Crippen molar-refractivity contribution in [1.82, 2.24) is 0 Å². The minimum absolute atomic E-state index is 0.0254. The molecule has 4 nitrogen and oxygen atoms in total. The van der Waals surface area contributed by atoms with Crippen molar-refractivity contribution < 1.29 is 14.0 Å². The second-order valence-corrected chi connectivity index (χ2v) is 29.1. The zero-order chi connectivity index (χ0) is 33.0. The van der Waals surface area contributed by atoms with Crippen LogP contribution in [0.15, 0.2) is 103 Å². The Morgan fingerprint density at radius 2 is 1.52 bits per heavy atom. The molecule has 0 aromatic heterocycles. The van der Waals surface area contributed by atoms with Crippen LogP contribution in [0.1, 0.15) is 73.5 Å². The molecule has 0 bridgehead atoms. The molecule has 0 amide bonds. The van der Waals surface area contributed by atoms with Gasteiger partial charge in [0.2, 0.25) is 0 Å². The molecule has 0 saturated carbocycles. The Kier molecular flexibility index (Phi) is 9.88. The maximum Gasteiger partial charge on any atom is 0.343 e. The van der Waals surface area contributed by atoms with Crippen molar-refractivity contribution in [2.75, 3.05) is 0 Å². The number of ether oxygens (including phenoxy) is 1. The molecule has 1 fully saturated rings. The van der Waals surface area contributed by atoms with Crippen LogP contribution in [0.2, 0.25) is 31.7 Å². The molecule has 2 atom stereocenters. The Morgan fingerprint density at radius 3 is 2.15 bits per heavy atom.